The highest BCUT2D eigenvalue weighted by atomic mass is 16.5. The molecule has 0 aromatic heterocycles. The SMILES string of the molecule is COc1cc2c(c(OC)c1OC)CCCC(=O)C2. The van der Waals surface area contributed by atoms with E-state index in [4.69, 9.17) is 14.2 Å². The molecule has 0 saturated carbocycles. The van der Waals surface area contributed by atoms with Gasteiger partial charge in [0.05, 0.1) is 21.3 Å². The molecular formula is C14H18O4. The molecule has 0 saturated heterocycles. The summed E-state index contributed by atoms with van der Waals surface area (Å²) in [5.74, 6) is 2.18. The number of methoxy groups -OCH3 is 3. The average Bonchev–Trinajstić information content (AvgIpc) is 2.56. The van der Waals surface area contributed by atoms with Crippen molar-refractivity contribution < 1.29 is 19.0 Å². The maximum Gasteiger partial charge on any atom is 0.203 e. The summed E-state index contributed by atoms with van der Waals surface area (Å²) in [6.45, 7) is 0. The fourth-order valence-corrected chi connectivity index (χ4v) is 2.46. The molecule has 0 aliphatic heterocycles. The molecule has 0 N–H and O–H groups in total. The van der Waals surface area contributed by atoms with E-state index in [0.717, 1.165) is 24.0 Å². The predicted molar refractivity (Wildman–Crippen MR) is 67.7 cm³/mol. The van der Waals surface area contributed by atoms with E-state index in [1.165, 1.54) is 0 Å². The number of ketones is 1. The third kappa shape index (κ3) is 2.15. The summed E-state index contributed by atoms with van der Waals surface area (Å²) in [4.78, 5) is 11.7. The highest BCUT2D eigenvalue weighted by Crippen LogP contribution is 2.43. The van der Waals surface area contributed by atoms with E-state index in [-0.39, 0.29) is 5.78 Å². The van der Waals surface area contributed by atoms with Crippen LogP contribution in [0.1, 0.15) is 24.0 Å². The van der Waals surface area contributed by atoms with E-state index in [2.05, 4.69) is 0 Å². The van der Waals surface area contributed by atoms with Crippen molar-refractivity contribution in [1.29, 1.82) is 0 Å². The van der Waals surface area contributed by atoms with Gasteiger partial charge in [-0.25, -0.2) is 0 Å². The third-order valence-electron chi connectivity index (χ3n) is 3.30. The first-order valence-corrected chi connectivity index (χ1v) is 6.03. The average molecular weight is 250 g/mol. The first kappa shape index (κ1) is 12.7. The quantitative estimate of drug-likeness (QED) is 0.771. The number of hydrogen-bond acceptors (Lipinski definition) is 4. The largest absolute Gasteiger partial charge is 0.493 e. The molecule has 0 heterocycles. The van der Waals surface area contributed by atoms with Crippen molar-refractivity contribution in [3.8, 4) is 17.2 Å². The number of benzene rings is 1. The van der Waals surface area contributed by atoms with Gasteiger partial charge < -0.3 is 14.2 Å². The van der Waals surface area contributed by atoms with E-state index < -0.39 is 0 Å². The summed E-state index contributed by atoms with van der Waals surface area (Å²) in [7, 11) is 4.79. The van der Waals surface area contributed by atoms with E-state index in [9.17, 15) is 4.79 Å². The molecule has 18 heavy (non-hydrogen) atoms. The lowest BCUT2D eigenvalue weighted by molar-refractivity contribution is -0.118. The Kier molecular flexibility index (Phi) is 3.75. The van der Waals surface area contributed by atoms with Gasteiger partial charge in [0.15, 0.2) is 11.5 Å². The maximum atomic E-state index is 11.7. The standard InChI is InChI=1S/C14H18O4/c1-16-12-8-9-7-10(15)5-4-6-11(9)13(17-2)14(12)18-3/h8H,4-7H2,1-3H3. The van der Waals surface area contributed by atoms with Crippen LogP contribution in [-0.2, 0) is 17.6 Å². The van der Waals surface area contributed by atoms with E-state index >= 15 is 0 Å². The number of Topliss-reactive ketones (excluding diaryl/α,β-unsaturated/α-hetero) is 1. The lowest BCUT2D eigenvalue weighted by Crippen LogP contribution is -2.04. The minimum Gasteiger partial charge on any atom is -0.493 e. The number of carbonyl (C=O) groups excluding carboxylic acids is 1. The fraction of sp³-hybridized carbons (Fsp3) is 0.500. The van der Waals surface area contributed by atoms with Crippen molar-refractivity contribution in [2.75, 3.05) is 21.3 Å². The number of carbonyl (C=O) groups is 1. The molecule has 1 aromatic rings. The van der Waals surface area contributed by atoms with Crippen LogP contribution in [0.25, 0.3) is 0 Å². The Balaban J connectivity index is 2.61. The van der Waals surface area contributed by atoms with Crippen molar-refractivity contribution in [3.63, 3.8) is 0 Å². The van der Waals surface area contributed by atoms with E-state index in [0.29, 0.717) is 30.1 Å². The van der Waals surface area contributed by atoms with Gasteiger partial charge in [-0.1, -0.05) is 0 Å². The normalized spacial score (nSPS) is 14.7. The zero-order valence-corrected chi connectivity index (χ0v) is 11.0. The summed E-state index contributed by atoms with van der Waals surface area (Å²) in [5.41, 5.74) is 2.06. The summed E-state index contributed by atoms with van der Waals surface area (Å²) < 4.78 is 16.1. The zero-order valence-electron chi connectivity index (χ0n) is 11.0. The highest BCUT2D eigenvalue weighted by Gasteiger charge is 2.23. The first-order chi connectivity index (χ1) is 8.71. The molecule has 4 nitrogen and oxygen atoms in total. The molecular weight excluding hydrogens is 232 g/mol. The van der Waals surface area contributed by atoms with Crippen molar-refractivity contribution in [3.05, 3.63) is 17.2 Å². The molecule has 2 rings (SSSR count). The van der Waals surface area contributed by atoms with Crippen LogP contribution in [-0.4, -0.2) is 27.1 Å². The van der Waals surface area contributed by atoms with Crippen LogP contribution in [0.3, 0.4) is 0 Å². The number of fused-ring (bicyclic) bond motifs is 1. The van der Waals surface area contributed by atoms with Crippen molar-refractivity contribution in [1.82, 2.24) is 0 Å². The van der Waals surface area contributed by atoms with Gasteiger partial charge in [0.1, 0.15) is 5.78 Å². The van der Waals surface area contributed by atoms with Crippen LogP contribution in [0, 0.1) is 0 Å². The molecule has 0 spiro atoms. The highest BCUT2D eigenvalue weighted by molar-refractivity contribution is 5.82. The lowest BCUT2D eigenvalue weighted by atomic mass is 10.0. The topological polar surface area (TPSA) is 44.8 Å². The van der Waals surface area contributed by atoms with Crippen LogP contribution in [0.4, 0.5) is 0 Å². The lowest BCUT2D eigenvalue weighted by Gasteiger charge is -2.18. The van der Waals surface area contributed by atoms with Crippen LogP contribution >= 0.6 is 0 Å². The van der Waals surface area contributed by atoms with Gasteiger partial charge in [-0.3, -0.25) is 4.79 Å². The summed E-state index contributed by atoms with van der Waals surface area (Å²) in [5, 5.41) is 0. The minimum atomic E-state index is 0.267. The molecule has 1 aromatic carbocycles. The Labute approximate surface area is 107 Å². The molecule has 0 unspecified atom stereocenters. The Bertz CT molecular complexity index is 465. The molecule has 0 fully saturated rings. The number of hydrogen-bond donors (Lipinski definition) is 0. The van der Waals surface area contributed by atoms with Gasteiger partial charge >= 0.3 is 0 Å². The van der Waals surface area contributed by atoms with Crippen molar-refractivity contribution in [2.24, 2.45) is 0 Å². The van der Waals surface area contributed by atoms with Gasteiger partial charge in [0, 0.05) is 18.4 Å². The van der Waals surface area contributed by atoms with Gasteiger partial charge in [-0.2, -0.15) is 0 Å². The smallest absolute Gasteiger partial charge is 0.203 e. The molecule has 1 aliphatic carbocycles. The van der Waals surface area contributed by atoms with Crippen LogP contribution in [0.15, 0.2) is 6.07 Å². The van der Waals surface area contributed by atoms with E-state index in [1.54, 1.807) is 21.3 Å². The van der Waals surface area contributed by atoms with Gasteiger partial charge in [0.25, 0.3) is 0 Å². The van der Waals surface area contributed by atoms with Crippen LogP contribution in [0.5, 0.6) is 17.2 Å². The molecule has 0 amide bonds. The van der Waals surface area contributed by atoms with E-state index in [1.807, 2.05) is 6.07 Å². The zero-order chi connectivity index (χ0) is 13.1. The molecule has 0 atom stereocenters. The maximum absolute atomic E-state index is 11.7. The van der Waals surface area contributed by atoms with Gasteiger partial charge in [-0.05, 0) is 24.5 Å². The number of ether oxygens (including phenoxy) is 3. The Morgan fingerprint density at radius 1 is 1.00 bits per heavy atom. The van der Waals surface area contributed by atoms with Crippen molar-refractivity contribution >= 4 is 5.78 Å². The summed E-state index contributed by atoms with van der Waals surface area (Å²) in [6.07, 6.45) is 2.77. The Morgan fingerprint density at radius 3 is 2.33 bits per heavy atom. The van der Waals surface area contributed by atoms with Crippen LogP contribution in [0.2, 0.25) is 0 Å². The fourth-order valence-electron chi connectivity index (χ4n) is 2.46. The molecule has 0 radical (unpaired) electrons. The third-order valence-corrected chi connectivity index (χ3v) is 3.30. The Morgan fingerprint density at radius 2 is 1.72 bits per heavy atom. The second-order valence-corrected chi connectivity index (χ2v) is 4.35. The second-order valence-electron chi connectivity index (χ2n) is 4.35. The monoisotopic (exact) mass is 250 g/mol. The van der Waals surface area contributed by atoms with Crippen LogP contribution < -0.4 is 14.2 Å². The van der Waals surface area contributed by atoms with Gasteiger partial charge in [0.2, 0.25) is 5.75 Å². The number of rotatable bonds is 3. The second kappa shape index (κ2) is 5.29. The first-order valence-electron chi connectivity index (χ1n) is 6.03. The van der Waals surface area contributed by atoms with Crippen molar-refractivity contribution in [2.45, 2.75) is 25.7 Å². The summed E-state index contributed by atoms with van der Waals surface area (Å²) >= 11 is 0. The predicted octanol–water partition coefficient (Wildman–Crippen LogP) is 2.16. The molecule has 4 heteroatoms. The molecule has 98 valence electrons. The minimum absolute atomic E-state index is 0.267. The summed E-state index contributed by atoms with van der Waals surface area (Å²) in [6, 6.07) is 1.89. The van der Waals surface area contributed by atoms with Gasteiger partial charge in [-0.15, -0.1) is 0 Å². The Hall–Kier alpha value is -1.71. The molecule has 1 aliphatic rings. The molecule has 0 bridgehead atoms.